The van der Waals surface area contributed by atoms with E-state index in [1.165, 1.54) is 37.2 Å². The summed E-state index contributed by atoms with van der Waals surface area (Å²) in [5.41, 5.74) is 0.0324. The molecule has 0 aliphatic heterocycles. The van der Waals surface area contributed by atoms with E-state index in [9.17, 15) is 31.2 Å². The van der Waals surface area contributed by atoms with Crippen molar-refractivity contribution in [1.82, 2.24) is 10.2 Å². The van der Waals surface area contributed by atoms with Crippen molar-refractivity contribution in [3.05, 3.63) is 58.6 Å². The van der Waals surface area contributed by atoms with Gasteiger partial charge in [0.2, 0.25) is 0 Å². The van der Waals surface area contributed by atoms with Gasteiger partial charge in [0, 0.05) is 25.2 Å². The van der Waals surface area contributed by atoms with Crippen LogP contribution in [0.1, 0.15) is 20.7 Å². The number of amides is 2. The Morgan fingerprint density at radius 2 is 1.60 bits per heavy atom. The lowest BCUT2D eigenvalue weighted by Gasteiger charge is -2.14. The molecule has 0 bridgehead atoms. The molecule has 2 N–H and O–H groups in total. The van der Waals surface area contributed by atoms with Crippen LogP contribution in [-0.2, 0) is 10.0 Å². The van der Waals surface area contributed by atoms with Crippen molar-refractivity contribution in [2.24, 2.45) is 0 Å². The number of alkyl halides is 3. The second-order valence-corrected chi connectivity index (χ2v) is 8.41. The van der Waals surface area contributed by atoms with Crippen molar-refractivity contribution in [2.75, 3.05) is 25.4 Å². The molecule has 0 aliphatic rings. The molecule has 0 aliphatic carbocycles. The predicted molar refractivity (Wildman–Crippen MR) is 105 cm³/mol. The standard InChI is InChI=1S/C18H17ClF3N3O4S/c1-25(2)17(27)12-5-8-14(19)15(9-12)24-30(28,29)13-6-3-11(4-7-13)16(26)23-10-18(20,21)22/h3-9,24H,10H2,1-2H3,(H,23,26). The predicted octanol–water partition coefficient (Wildman–Crippen LogP) is 3.13. The minimum atomic E-state index is -4.56. The first-order chi connectivity index (χ1) is 13.8. The first-order valence-electron chi connectivity index (χ1n) is 8.29. The molecule has 0 radical (unpaired) electrons. The van der Waals surface area contributed by atoms with Crippen LogP contribution in [0.5, 0.6) is 0 Å². The quantitative estimate of drug-likeness (QED) is 0.688. The number of sulfonamides is 1. The summed E-state index contributed by atoms with van der Waals surface area (Å²) in [6.07, 6.45) is -4.56. The van der Waals surface area contributed by atoms with Gasteiger partial charge in [-0.3, -0.25) is 14.3 Å². The molecule has 0 aromatic heterocycles. The van der Waals surface area contributed by atoms with E-state index in [0.717, 1.165) is 24.3 Å². The molecule has 0 saturated heterocycles. The largest absolute Gasteiger partial charge is 0.405 e. The maximum Gasteiger partial charge on any atom is 0.405 e. The fourth-order valence-electron chi connectivity index (χ4n) is 2.27. The van der Waals surface area contributed by atoms with E-state index in [4.69, 9.17) is 11.6 Å². The third-order valence-electron chi connectivity index (χ3n) is 3.74. The van der Waals surface area contributed by atoms with Crippen LogP contribution < -0.4 is 10.0 Å². The topological polar surface area (TPSA) is 95.6 Å². The molecule has 0 spiro atoms. The fraction of sp³-hybridized carbons (Fsp3) is 0.222. The van der Waals surface area contributed by atoms with Crippen LogP contribution in [0, 0.1) is 0 Å². The van der Waals surface area contributed by atoms with Crippen LogP contribution >= 0.6 is 11.6 Å². The van der Waals surface area contributed by atoms with Crippen molar-refractivity contribution < 1.29 is 31.2 Å². The van der Waals surface area contributed by atoms with Crippen molar-refractivity contribution in [1.29, 1.82) is 0 Å². The molecule has 0 heterocycles. The number of carbonyl (C=O) groups is 2. The van der Waals surface area contributed by atoms with E-state index in [1.54, 1.807) is 5.32 Å². The number of nitrogens with zero attached hydrogens (tertiary/aromatic N) is 1. The van der Waals surface area contributed by atoms with Gasteiger partial charge in [-0.1, -0.05) is 11.6 Å². The van der Waals surface area contributed by atoms with Crippen LogP contribution in [0.2, 0.25) is 5.02 Å². The summed E-state index contributed by atoms with van der Waals surface area (Å²) in [4.78, 5) is 24.8. The van der Waals surface area contributed by atoms with Crippen molar-refractivity contribution >= 4 is 39.1 Å². The highest BCUT2D eigenvalue weighted by molar-refractivity contribution is 7.92. The Labute approximate surface area is 175 Å². The average Bonchev–Trinajstić information content (AvgIpc) is 2.66. The van der Waals surface area contributed by atoms with Crippen molar-refractivity contribution in [2.45, 2.75) is 11.1 Å². The van der Waals surface area contributed by atoms with Gasteiger partial charge in [-0.2, -0.15) is 13.2 Å². The molecule has 7 nitrogen and oxygen atoms in total. The van der Waals surface area contributed by atoms with Gasteiger partial charge in [0.25, 0.3) is 21.8 Å². The highest BCUT2D eigenvalue weighted by atomic mass is 35.5. The van der Waals surface area contributed by atoms with E-state index in [0.29, 0.717) is 0 Å². The molecule has 0 unspecified atom stereocenters. The number of anilines is 1. The van der Waals surface area contributed by atoms with Gasteiger partial charge in [0.05, 0.1) is 15.6 Å². The molecule has 12 heteroatoms. The summed E-state index contributed by atoms with van der Waals surface area (Å²) in [6.45, 7) is -1.51. The molecule has 2 aromatic rings. The van der Waals surface area contributed by atoms with Gasteiger partial charge in [-0.15, -0.1) is 0 Å². The van der Waals surface area contributed by atoms with Gasteiger partial charge >= 0.3 is 6.18 Å². The minimum absolute atomic E-state index is 0.0311. The summed E-state index contributed by atoms with van der Waals surface area (Å²) in [5, 5.41) is 1.74. The summed E-state index contributed by atoms with van der Waals surface area (Å²) in [6, 6.07) is 8.37. The third-order valence-corrected chi connectivity index (χ3v) is 5.45. The summed E-state index contributed by atoms with van der Waals surface area (Å²) in [7, 11) is -1.08. The van der Waals surface area contributed by atoms with Crippen molar-refractivity contribution in [3.63, 3.8) is 0 Å². The number of hydrogen-bond donors (Lipinski definition) is 2. The van der Waals surface area contributed by atoms with Crippen LogP contribution in [0.4, 0.5) is 18.9 Å². The Hall–Kier alpha value is -2.79. The van der Waals surface area contributed by atoms with Crippen molar-refractivity contribution in [3.8, 4) is 0 Å². The number of carbonyl (C=O) groups excluding carboxylic acids is 2. The van der Waals surface area contributed by atoms with Crippen LogP contribution in [0.3, 0.4) is 0 Å². The van der Waals surface area contributed by atoms with Crippen LogP contribution in [-0.4, -0.2) is 51.9 Å². The molecule has 30 heavy (non-hydrogen) atoms. The third kappa shape index (κ3) is 6.10. The highest BCUT2D eigenvalue weighted by Gasteiger charge is 2.28. The Morgan fingerprint density at radius 1 is 1.03 bits per heavy atom. The Bertz CT molecular complexity index is 1060. The molecule has 162 valence electrons. The molecule has 0 saturated carbocycles. The first-order valence-corrected chi connectivity index (χ1v) is 10.2. The van der Waals surface area contributed by atoms with E-state index >= 15 is 0 Å². The zero-order valence-corrected chi connectivity index (χ0v) is 17.3. The molecular formula is C18H17ClF3N3O4S. The smallest absolute Gasteiger partial charge is 0.345 e. The normalized spacial score (nSPS) is 11.7. The molecule has 2 aromatic carbocycles. The Morgan fingerprint density at radius 3 is 2.13 bits per heavy atom. The summed E-state index contributed by atoms with van der Waals surface area (Å²) >= 11 is 6.02. The molecule has 0 fully saturated rings. The number of halogens is 4. The summed E-state index contributed by atoms with van der Waals surface area (Å²) < 4.78 is 64.0. The van der Waals surface area contributed by atoms with Crippen LogP contribution in [0.25, 0.3) is 0 Å². The second-order valence-electron chi connectivity index (χ2n) is 6.32. The highest BCUT2D eigenvalue weighted by Crippen LogP contribution is 2.26. The number of benzene rings is 2. The molecule has 0 atom stereocenters. The summed E-state index contributed by atoms with van der Waals surface area (Å²) in [5.74, 6) is -1.36. The van der Waals surface area contributed by atoms with Gasteiger partial charge in [-0.05, 0) is 42.5 Å². The SMILES string of the molecule is CN(C)C(=O)c1ccc(Cl)c(NS(=O)(=O)c2ccc(C(=O)NCC(F)(F)F)cc2)c1. The zero-order valence-electron chi connectivity index (χ0n) is 15.7. The maximum atomic E-state index is 12.6. The minimum Gasteiger partial charge on any atom is -0.345 e. The van der Waals surface area contributed by atoms with E-state index in [2.05, 4.69) is 4.72 Å². The lowest BCUT2D eigenvalue weighted by atomic mass is 10.2. The number of nitrogens with one attached hydrogen (secondary N) is 2. The first kappa shape index (κ1) is 23.5. The van der Waals surface area contributed by atoms with Gasteiger partial charge in [-0.25, -0.2) is 8.42 Å². The molecule has 2 amide bonds. The van der Waals surface area contributed by atoms with Crippen LogP contribution in [0.15, 0.2) is 47.4 Å². The average molecular weight is 464 g/mol. The second kappa shape index (κ2) is 8.92. The van der Waals surface area contributed by atoms with E-state index in [1.807, 2.05) is 0 Å². The van der Waals surface area contributed by atoms with E-state index in [-0.39, 0.29) is 32.6 Å². The molecular weight excluding hydrogens is 447 g/mol. The zero-order chi connectivity index (χ0) is 22.7. The lowest BCUT2D eigenvalue weighted by Crippen LogP contribution is -2.33. The van der Waals surface area contributed by atoms with Gasteiger partial charge in [0.1, 0.15) is 6.54 Å². The van der Waals surface area contributed by atoms with E-state index < -0.39 is 28.7 Å². The monoisotopic (exact) mass is 463 g/mol. The number of rotatable bonds is 6. The Kier molecular flexibility index (Phi) is 6.99. The maximum absolute atomic E-state index is 12.6. The molecule has 2 rings (SSSR count). The fourth-order valence-corrected chi connectivity index (χ4v) is 3.56. The van der Waals surface area contributed by atoms with Gasteiger partial charge < -0.3 is 10.2 Å². The number of hydrogen-bond acceptors (Lipinski definition) is 4. The Balaban J connectivity index is 2.21. The van der Waals surface area contributed by atoms with Gasteiger partial charge in [0.15, 0.2) is 0 Å². The lowest BCUT2D eigenvalue weighted by molar-refractivity contribution is -0.123.